The number of carbonyl (C=O) groups is 3. The molecule has 0 aliphatic heterocycles. The molecule has 6 atom stereocenters. The lowest BCUT2D eigenvalue weighted by atomic mass is 9.45. The minimum Gasteiger partial charge on any atom is -0.458 e. The first kappa shape index (κ1) is 20.8. The Labute approximate surface area is 173 Å². The maximum atomic E-state index is 13.0. The summed E-state index contributed by atoms with van der Waals surface area (Å²) in [7, 11) is 0. The van der Waals surface area contributed by atoms with Gasteiger partial charge in [0.25, 0.3) is 0 Å². The molecule has 29 heavy (non-hydrogen) atoms. The van der Waals surface area contributed by atoms with E-state index in [9.17, 15) is 19.5 Å². The van der Waals surface area contributed by atoms with E-state index < -0.39 is 17.0 Å². The summed E-state index contributed by atoms with van der Waals surface area (Å²) >= 11 is 0. The first-order valence-electron chi connectivity index (χ1n) is 11.3. The summed E-state index contributed by atoms with van der Waals surface area (Å²) in [6.07, 6.45) is 9.38. The molecular formula is C24H34O5. The maximum absolute atomic E-state index is 13.0. The molecule has 0 aromatic rings. The lowest BCUT2D eigenvalue weighted by Gasteiger charge is -2.59. The molecule has 0 saturated heterocycles. The third-order valence-electron chi connectivity index (χ3n) is 9.31. The van der Waals surface area contributed by atoms with Gasteiger partial charge in [0.2, 0.25) is 5.78 Å². The van der Waals surface area contributed by atoms with Gasteiger partial charge in [-0.2, -0.15) is 0 Å². The zero-order chi connectivity index (χ0) is 21.0. The van der Waals surface area contributed by atoms with Gasteiger partial charge in [0.1, 0.15) is 5.60 Å². The highest BCUT2D eigenvalue weighted by Gasteiger charge is 2.67. The molecular weight excluding hydrogens is 368 g/mol. The largest absolute Gasteiger partial charge is 0.458 e. The molecule has 3 fully saturated rings. The summed E-state index contributed by atoms with van der Waals surface area (Å²) in [4.78, 5) is 36.2. The van der Waals surface area contributed by atoms with Gasteiger partial charge in [-0.3, -0.25) is 14.4 Å². The van der Waals surface area contributed by atoms with Gasteiger partial charge in [-0.05, 0) is 80.6 Å². The first-order valence-corrected chi connectivity index (χ1v) is 11.3. The predicted octanol–water partition coefficient (Wildman–Crippen LogP) is 3.77. The van der Waals surface area contributed by atoms with Crippen molar-refractivity contribution in [1.82, 2.24) is 0 Å². The second-order valence-electron chi connectivity index (χ2n) is 10.1. The minimum atomic E-state index is -1.40. The third kappa shape index (κ3) is 2.87. The van der Waals surface area contributed by atoms with E-state index >= 15 is 0 Å². The van der Waals surface area contributed by atoms with Crippen LogP contribution in [0.4, 0.5) is 0 Å². The lowest BCUT2D eigenvalue weighted by Crippen LogP contribution is -2.59. The number of hydrogen-bond acceptors (Lipinski definition) is 5. The fourth-order valence-electron chi connectivity index (χ4n) is 7.83. The number of rotatable bonds is 4. The molecule has 0 spiro atoms. The van der Waals surface area contributed by atoms with E-state index in [1.807, 2.05) is 6.08 Å². The van der Waals surface area contributed by atoms with E-state index in [1.54, 1.807) is 0 Å². The second-order valence-corrected chi connectivity index (χ2v) is 10.1. The summed E-state index contributed by atoms with van der Waals surface area (Å²) in [6, 6.07) is 0. The summed E-state index contributed by atoms with van der Waals surface area (Å²) in [5.74, 6) is 0.758. The Kier molecular flexibility index (Phi) is 5.04. The van der Waals surface area contributed by atoms with Crippen LogP contribution >= 0.6 is 0 Å². The Hall–Kier alpha value is -1.49. The molecule has 0 amide bonds. The van der Waals surface area contributed by atoms with Crippen LogP contribution in [0.1, 0.15) is 78.6 Å². The molecule has 1 N–H and O–H groups in total. The van der Waals surface area contributed by atoms with E-state index in [2.05, 4.69) is 13.8 Å². The normalized spacial score (nSPS) is 43.7. The SMILES string of the molecule is CC[C@]12CC[C@H]3[C@@H](CCC4=CC(=O)CC[C@@]43C)[C@@H]1CC[C@]2(O)C(=O)COC(C)=O. The van der Waals surface area contributed by atoms with Gasteiger partial charge in [-0.15, -0.1) is 0 Å². The molecule has 160 valence electrons. The third-order valence-corrected chi connectivity index (χ3v) is 9.31. The van der Waals surface area contributed by atoms with E-state index in [1.165, 1.54) is 12.5 Å². The average Bonchev–Trinajstić information content (AvgIpc) is 3.01. The second kappa shape index (κ2) is 7.04. The van der Waals surface area contributed by atoms with Gasteiger partial charge < -0.3 is 9.84 Å². The highest BCUT2D eigenvalue weighted by atomic mass is 16.5. The van der Waals surface area contributed by atoms with Crippen LogP contribution in [0.3, 0.4) is 0 Å². The predicted molar refractivity (Wildman–Crippen MR) is 108 cm³/mol. The number of hydrogen-bond donors (Lipinski definition) is 1. The van der Waals surface area contributed by atoms with Crippen LogP contribution in [-0.4, -0.2) is 34.9 Å². The monoisotopic (exact) mass is 402 g/mol. The molecule has 0 bridgehead atoms. The molecule has 4 rings (SSSR count). The number of fused-ring (bicyclic) bond motifs is 5. The van der Waals surface area contributed by atoms with Crippen molar-refractivity contribution in [3.8, 4) is 0 Å². The van der Waals surface area contributed by atoms with Crippen molar-refractivity contribution in [1.29, 1.82) is 0 Å². The van der Waals surface area contributed by atoms with Crippen molar-refractivity contribution < 1.29 is 24.2 Å². The Morgan fingerprint density at radius 1 is 1.14 bits per heavy atom. The molecule has 3 saturated carbocycles. The van der Waals surface area contributed by atoms with Crippen LogP contribution in [0.5, 0.6) is 0 Å². The van der Waals surface area contributed by atoms with Crippen molar-refractivity contribution >= 4 is 17.5 Å². The zero-order valence-electron chi connectivity index (χ0n) is 18.0. The van der Waals surface area contributed by atoms with E-state index in [0.717, 1.165) is 44.9 Å². The quantitative estimate of drug-likeness (QED) is 0.724. The van der Waals surface area contributed by atoms with E-state index in [-0.39, 0.29) is 23.6 Å². The molecule has 0 aromatic heterocycles. The van der Waals surface area contributed by atoms with Gasteiger partial charge in [0, 0.05) is 18.8 Å². The molecule has 0 aromatic carbocycles. The summed E-state index contributed by atoms with van der Waals surface area (Å²) in [5.41, 5.74) is -0.405. The molecule has 4 aliphatic rings. The highest BCUT2D eigenvalue weighted by molar-refractivity contribution is 5.92. The summed E-state index contributed by atoms with van der Waals surface area (Å²) in [5, 5.41) is 11.6. The Balaban J connectivity index is 1.64. The van der Waals surface area contributed by atoms with Crippen LogP contribution < -0.4 is 0 Å². The number of ether oxygens (including phenoxy) is 1. The number of ketones is 2. The van der Waals surface area contributed by atoms with Crippen molar-refractivity contribution in [3.63, 3.8) is 0 Å². The van der Waals surface area contributed by atoms with Gasteiger partial charge in [0.05, 0.1) is 0 Å². The van der Waals surface area contributed by atoms with Crippen molar-refractivity contribution in [2.75, 3.05) is 6.61 Å². The van der Waals surface area contributed by atoms with Gasteiger partial charge in [0.15, 0.2) is 12.4 Å². The number of aliphatic hydroxyl groups is 1. The first-order chi connectivity index (χ1) is 13.7. The van der Waals surface area contributed by atoms with Crippen LogP contribution in [0.2, 0.25) is 0 Å². The highest BCUT2D eigenvalue weighted by Crippen LogP contribution is 2.68. The maximum Gasteiger partial charge on any atom is 0.303 e. The van der Waals surface area contributed by atoms with Crippen LogP contribution in [0.15, 0.2) is 11.6 Å². The summed E-state index contributed by atoms with van der Waals surface area (Å²) < 4.78 is 4.97. The van der Waals surface area contributed by atoms with Crippen LogP contribution in [0.25, 0.3) is 0 Å². The van der Waals surface area contributed by atoms with Crippen LogP contribution in [0, 0.1) is 28.6 Å². The molecule has 0 unspecified atom stereocenters. The van der Waals surface area contributed by atoms with Crippen molar-refractivity contribution in [2.45, 2.75) is 84.2 Å². The smallest absolute Gasteiger partial charge is 0.303 e. The lowest BCUT2D eigenvalue weighted by molar-refractivity contribution is -0.173. The van der Waals surface area contributed by atoms with E-state index in [4.69, 9.17) is 4.74 Å². The fraction of sp³-hybridized carbons (Fsp3) is 0.792. The molecule has 0 heterocycles. The van der Waals surface area contributed by atoms with Gasteiger partial charge >= 0.3 is 5.97 Å². The molecule has 0 radical (unpaired) electrons. The number of Topliss-reactive ketones (excluding diaryl/α,β-unsaturated/α-hetero) is 1. The Morgan fingerprint density at radius 2 is 1.86 bits per heavy atom. The van der Waals surface area contributed by atoms with Gasteiger partial charge in [-0.1, -0.05) is 19.4 Å². The number of carbonyl (C=O) groups excluding carboxylic acids is 3. The molecule has 5 nitrogen and oxygen atoms in total. The Morgan fingerprint density at radius 3 is 2.55 bits per heavy atom. The fourth-order valence-corrected chi connectivity index (χ4v) is 7.83. The van der Waals surface area contributed by atoms with Crippen molar-refractivity contribution in [3.05, 3.63) is 11.6 Å². The van der Waals surface area contributed by atoms with Crippen LogP contribution in [-0.2, 0) is 19.1 Å². The zero-order valence-corrected chi connectivity index (χ0v) is 18.0. The standard InChI is InChI=1S/C24H34O5/c1-4-23-11-8-19-18(6-5-16-13-17(26)7-10-22(16,19)3)20(23)9-12-24(23,28)21(27)14-29-15(2)25/h13,18-20,28H,4-12,14H2,1-3H3/t18-,19+,20+,22+,23+,24+/m1/s1. The minimum absolute atomic E-state index is 0.0825. The van der Waals surface area contributed by atoms with E-state index in [0.29, 0.717) is 30.6 Å². The van der Waals surface area contributed by atoms with Crippen molar-refractivity contribution in [2.24, 2.45) is 28.6 Å². The average molecular weight is 403 g/mol. The topological polar surface area (TPSA) is 80.7 Å². The number of esters is 1. The summed E-state index contributed by atoms with van der Waals surface area (Å²) in [6.45, 7) is 5.39. The molecule has 5 heteroatoms. The van der Waals surface area contributed by atoms with Gasteiger partial charge in [-0.25, -0.2) is 0 Å². The Bertz CT molecular complexity index is 769. The molecule has 4 aliphatic carbocycles. The number of allylic oxidation sites excluding steroid dienone is 1.